The summed E-state index contributed by atoms with van der Waals surface area (Å²) >= 11 is 4.95. The molecule has 8 nitrogen and oxygen atoms in total. The van der Waals surface area contributed by atoms with E-state index in [1.807, 2.05) is 36.4 Å². The number of esters is 1. The topological polar surface area (TPSA) is 88.2 Å². The number of nitrogens with zero attached hydrogens (tertiary/aromatic N) is 2. The van der Waals surface area contributed by atoms with Gasteiger partial charge in [0.1, 0.15) is 5.00 Å². The van der Waals surface area contributed by atoms with E-state index >= 15 is 0 Å². The number of anilines is 3. The number of amides is 2. The van der Waals surface area contributed by atoms with Gasteiger partial charge in [-0.25, -0.2) is 0 Å². The summed E-state index contributed by atoms with van der Waals surface area (Å²) in [6.07, 6.45) is 2.90. The summed E-state index contributed by atoms with van der Waals surface area (Å²) in [6, 6.07) is 11.1. The summed E-state index contributed by atoms with van der Waals surface area (Å²) in [5, 5.41) is 3.74. The SMILES string of the molecule is COC(=O)CCCCCC(=O)N(c1ccc(NC(=O)CN2CCOCC2)cc1)c1ccc(Br)s1. The Morgan fingerprint density at radius 2 is 1.76 bits per heavy atom. The summed E-state index contributed by atoms with van der Waals surface area (Å²) in [5.74, 6) is -0.318. The normalized spacial score (nSPS) is 13.9. The third kappa shape index (κ3) is 8.19. The van der Waals surface area contributed by atoms with Gasteiger partial charge in [-0.3, -0.25) is 24.2 Å². The Kier molecular flexibility index (Phi) is 10.5. The third-order valence-electron chi connectivity index (χ3n) is 5.41. The maximum Gasteiger partial charge on any atom is 0.305 e. The van der Waals surface area contributed by atoms with Crippen molar-refractivity contribution in [1.29, 1.82) is 0 Å². The first kappa shape index (κ1) is 26.3. The molecule has 34 heavy (non-hydrogen) atoms. The first-order valence-corrected chi connectivity index (χ1v) is 12.9. The highest BCUT2D eigenvalue weighted by Gasteiger charge is 2.20. The quantitative estimate of drug-likeness (QED) is 0.325. The molecule has 0 unspecified atom stereocenters. The number of halogens is 1. The summed E-state index contributed by atoms with van der Waals surface area (Å²) in [7, 11) is 1.38. The van der Waals surface area contributed by atoms with Crippen LogP contribution in [0.5, 0.6) is 0 Å². The van der Waals surface area contributed by atoms with Gasteiger partial charge in [-0.2, -0.15) is 0 Å². The molecule has 0 saturated carbocycles. The molecule has 0 bridgehead atoms. The van der Waals surface area contributed by atoms with Gasteiger partial charge in [0, 0.05) is 37.3 Å². The Morgan fingerprint density at radius 3 is 2.41 bits per heavy atom. The first-order chi connectivity index (χ1) is 16.5. The number of thiophene rings is 1. The zero-order valence-corrected chi connectivity index (χ0v) is 21.7. The molecule has 0 atom stereocenters. The molecular weight excluding hydrogens is 522 g/mol. The van der Waals surface area contributed by atoms with Gasteiger partial charge in [-0.15, -0.1) is 11.3 Å². The third-order valence-corrected chi connectivity index (χ3v) is 7.02. The number of benzene rings is 1. The van der Waals surface area contributed by atoms with E-state index < -0.39 is 0 Å². The zero-order chi connectivity index (χ0) is 24.3. The van der Waals surface area contributed by atoms with Crippen LogP contribution >= 0.6 is 27.3 Å². The van der Waals surface area contributed by atoms with Gasteiger partial charge < -0.3 is 14.8 Å². The van der Waals surface area contributed by atoms with Crippen molar-refractivity contribution < 1.29 is 23.9 Å². The van der Waals surface area contributed by atoms with Crippen LogP contribution < -0.4 is 10.2 Å². The average molecular weight is 552 g/mol. The van der Waals surface area contributed by atoms with E-state index in [2.05, 4.69) is 30.9 Å². The van der Waals surface area contributed by atoms with E-state index in [9.17, 15) is 14.4 Å². The molecule has 3 rings (SSSR count). The molecule has 1 saturated heterocycles. The fraction of sp³-hybridized carbons (Fsp3) is 0.458. The van der Waals surface area contributed by atoms with E-state index in [0.717, 1.165) is 34.0 Å². The summed E-state index contributed by atoms with van der Waals surface area (Å²) in [4.78, 5) is 40.5. The van der Waals surface area contributed by atoms with Crippen LogP contribution in [0.2, 0.25) is 0 Å². The van der Waals surface area contributed by atoms with Gasteiger partial charge in [0.05, 0.1) is 30.7 Å². The predicted molar refractivity (Wildman–Crippen MR) is 137 cm³/mol. The van der Waals surface area contributed by atoms with Crippen LogP contribution in [-0.2, 0) is 23.9 Å². The number of methoxy groups -OCH3 is 1. The van der Waals surface area contributed by atoms with Gasteiger partial charge in [-0.05, 0) is 65.2 Å². The van der Waals surface area contributed by atoms with Crippen molar-refractivity contribution in [2.75, 3.05) is 50.2 Å². The van der Waals surface area contributed by atoms with Crippen LogP contribution in [0.15, 0.2) is 40.2 Å². The molecule has 2 heterocycles. The lowest BCUT2D eigenvalue weighted by Crippen LogP contribution is -2.41. The molecule has 1 fully saturated rings. The number of rotatable bonds is 11. The van der Waals surface area contributed by atoms with Crippen molar-refractivity contribution in [3.8, 4) is 0 Å². The van der Waals surface area contributed by atoms with Gasteiger partial charge >= 0.3 is 5.97 Å². The Morgan fingerprint density at radius 1 is 1.06 bits per heavy atom. The van der Waals surface area contributed by atoms with E-state index in [1.54, 1.807) is 4.90 Å². The average Bonchev–Trinajstić information content (AvgIpc) is 3.26. The van der Waals surface area contributed by atoms with Gasteiger partial charge in [0.2, 0.25) is 11.8 Å². The molecule has 1 aliphatic rings. The fourth-order valence-electron chi connectivity index (χ4n) is 3.61. The summed E-state index contributed by atoms with van der Waals surface area (Å²) < 4.78 is 10.9. The van der Waals surface area contributed by atoms with Crippen LogP contribution in [0, 0.1) is 0 Å². The maximum absolute atomic E-state index is 13.1. The summed E-state index contributed by atoms with van der Waals surface area (Å²) in [5.41, 5.74) is 1.42. The van der Waals surface area contributed by atoms with Gasteiger partial charge in [0.25, 0.3) is 0 Å². The second-order valence-electron chi connectivity index (χ2n) is 7.93. The maximum atomic E-state index is 13.1. The standard InChI is InChI=1S/C24H30BrN3O5S/c1-32-24(31)6-4-2-3-5-22(30)28(23-12-11-20(25)34-23)19-9-7-18(8-10-19)26-21(29)17-27-13-15-33-16-14-27/h7-12H,2-6,13-17H2,1H3,(H,26,29). The van der Waals surface area contributed by atoms with E-state index in [0.29, 0.717) is 51.1 Å². The van der Waals surface area contributed by atoms with Crippen molar-refractivity contribution in [3.05, 3.63) is 40.2 Å². The number of ether oxygens (including phenoxy) is 2. The summed E-state index contributed by atoms with van der Waals surface area (Å²) in [6.45, 7) is 3.13. The van der Waals surface area contributed by atoms with E-state index in [4.69, 9.17) is 4.74 Å². The number of nitrogens with one attached hydrogen (secondary N) is 1. The molecule has 2 aromatic rings. The number of morpholine rings is 1. The molecule has 2 amide bonds. The van der Waals surface area contributed by atoms with Crippen LogP contribution in [0.4, 0.5) is 16.4 Å². The second-order valence-corrected chi connectivity index (χ2v) is 10.4. The highest BCUT2D eigenvalue weighted by atomic mass is 79.9. The van der Waals surface area contributed by atoms with Crippen molar-refractivity contribution in [1.82, 2.24) is 4.90 Å². The number of unbranched alkanes of at least 4 members (excludes halogenated alkanes) is 2. The number of carbonyl (C=O) groups excluding carboxylic acids is 3. The molecular formula is C24H30BrN3O5S. The molecule has 1 aromatic carbocycles. The van der Waals surface area contributed by atoms with Gasteiger partial charge in [0.15, 0.2) is 0 Å². The highest BCUT2D eigenvalue weighted by molar-refractivity contribution is 9.11. The van der Waals surface area contributed by atoms with Crippen molar-refractivity contribution in [3.63, 3.8) is 0 Å². The van der Waals surface area contributed by atoms with E-state index in [1.165, 1.54) is 18.4 Å². The molecule has 10 heteroatoms. The lowest BCUT2D eigenvalue weighted by atomic mass is 10.1. The highest BCUT2D eigenvalue weighted by Crippen LogP contribution is 2.36. The first-order valence-electron chi connectivity index (χ1n) is 11.3. The second kappa shape index (κ2) is 13.6. The Hall–Kier alpha value is -2.27. The van der Waals surface area contributed by atoms with Crippen LogP contribution in [0.3, 0.4) is 0 Å². The number of carbonyl (C=O) groups is 3. The Bertz CT molecular complexity index is 960. The molecule has 1 aliphatic heterocycles. The lowest BCUT2D eigenvalue weighted by Gasteiger charge is -2.25. The Balaban J connectivity index is 1.60. The number of hydrogen-bond donors (Lipinski definition) is 1. The zero-order valence-electron chi connectivity index (χ0n) is 19.3. The van der Waals surface area contributed by atoms with E-state index in [-0.39, 0.29) is 17.8 Å². The largest absolute Gasteiger partial charge is 0.469 e. The smallest absolute Gasteiger partial charge is 0.305 e. The minimum absolute atomic E-state index is 0.0171. The van der Waals surface area contributed by atoms with Crippen LogP contribution in [0.1, 0.15) is 32.1 Å². The molecule has 0 aliphatic carbocycles. The molecule has 0 radical (unpaired) electrons. The van der Waals surface area contributed by atoms with Crippen molar-refractivity contribution in [2.45, 2.75) is 32.1 Å². The van der Waals surface area contributed by atoms with Crippen LogP contribution in [-0.4, -0.2) is 62.6 Å². The monoisotopic (exact) mass is 551 g/mol. The molecule has 1 N–H and O–H groups in total. The predicted octanol–water partition coefficient (Wildman–Crippen LogP) is 4.57. The number of hydrogen-bond acceptors (Lipinski definition) is 7. The van der Waals surface area contributed by atoms with Crippen molar-refractivity contribution in [2.24, 2.45) is 0 Å². The minimum Gasteiger partial charge on any atom is -0.469 e. The minimum atomic E-state index is -0.228. The fourth-order valence-corrected chi connectivity index (χ4v) is 5.01. The molecule has 1 aromatic heterocycles. The van der Waals surface area contributed by atoms with Crippen molar-refractivity contribution >= 4 is 61.4 Å². The molecule has 184 valence electrons. The lowest BCUT2D eigenvalue weighted by molar-refractivity contribution is -0.140. The molecule has 0 spiro atoms. The van der Waals surface area contributed by atoms with Crippen LogP contribution in [0.25, 0.3) is 0 Å². The Labute approximate surface area is 212 Å². The van der Waals surface area contributed by atoms with Gasteiger partial charge in [-0.1, -0.05) is 6.42 Å².